The van der Waals surface area contributed by atoms with Gasteiger partial charge in [0.15, 0.2) is 11.6 Å². The molecule has 7 heteroatoms. The third-order valence-electron chi connectivity index (χ3n) is 4.00. The molecule has 0 saturated heterocycles. The van der Waals surface area contributed by atoms with E-state index in [0.717, 1.165) is 0 Å². The molecule has 1 heterocycles. The Kier molecular flexibility index (Phi) is 5.30. The zero-order valence-corrected chi connectivity index (χ0v) is 14.9. The average Bonchev–Trinajstić information content (AvgIpc) is 2.68. The maximum atomic E-state index is 13.8. The van der Waals surface area contributed by atoms with E-state index in [9.17, 15) is 14.0 Å². The molecule has 0 unspecified atom stereocenters. The summed E-state index contributed by atoms with van der Waals surface area (Å²) < 4.78 is 19.9. The van der Waals surface area contributed by atoms with Gasteiger partial charge in [-0.3, -0.25) is 9.59 Å². The minimum Gasteiger partial charge on any atom is -0.494 e. The smallest absolute Gasteiger partial charge is 0.274 e. The fourth-order valence-corrected chi connectivity index (χ4v) is 2.63. The zero-order valence-electron chi connectivity index (χ0n) is 14.9. The summed E-state index contributed by atoms with van der Waals surface area (Å²) >= 11 is 0. The topological polar surface area (TPSA) is 64.4 Å². The maximum absolute atomic E-state index is 13.8. The normalized spacial score (nSPS) is 10.5. The maximum Gasteiger partial charge on any atom is 0.274 e. The molecule has 0 aliphatic rings. The average molecular weight is 367 g/mol. The number of amides is 1. The van der Waals surface area contributed by atoms with Crippen molar-refractivity contribution in [2.24, 2.45) is 0 Å². The van der Waals surface area contributed by atoms with E-state index in [1.807, 2.05) is 6.07 Å². The summed E-state index contributed by atoms with van der Waals surface area (Å²) in [7, 11) is 2.98. The molecular weight excluding hydrogens is 349 g/mol. The van der Waals surface area contributed by atoms with Gasteiger partial charge < -0.3 is 9.64 Å². The van der Waals surface area contributed by atoms with Crippen molar-refractivity contribution in [2.75, 3.05) is 14.2 Å². The predicted molar refractivity (Wildman–Crippen MR) is 98.6 cm³/mol. The molecule has 1 aromatic heterocycles. The lowest BCUT2D eigenvalue weighted by Crippen LogP contribution is -2.30. The second-order valence-electron chi connectivity index (χ2n) is 5.93. The van der Waals surface area contributed by atoms with Gasteiger partial charge in [-0.2, -0.15) is 9.78 Å². The van der Waals surface area contributed by atoms with Crippen LogP contribution < -0.4 is 10.3 Å². The Balaban J connectivity index is 1.83. The number of halogens is 1. The Bertz CT molecular complexity index is 1020. The van der Waals surface area contributed by atoms with E-state index in [1.54, 1.807) is 37.4 Å². The lowest BCUT2D eigenvalue weighted by Gasteiger charge is -2.17. The monoisotopic (exact) mass is 367 g/mol. The minimum atomic E-state index is -0.494. The van der Waals surface area contributed by atoms with Crippen molar-refractivity contribution < 1.29 is 13.9 Å². The molecule has 27 heavy (non-hydrogen) atoms. The van der Waals surface area contributed by atoms with Gasteiger partial charge in [-0.25, -0.2) is 4.39 Å². The van der Waals surface area contributed by atoms with Gasteiger partial charge in [0.2, 0.25) is 0 Å². The van der Waals surface area contributed by atoms with Gasteiger partial charge in [0.25, 0.3) is 11.5 Å². The van der Waals surface area contributed by atoms with Crippen LogP contribution >= 0.6 is 0 Å². The molecule has 138 valence electrons. The molecule has 0 radical (unpaired) electrons. The number of methoxy groups -OCH3 is 1. The molecule has 0 spiro atoms. The third-order valence-corrected chi connectivity index (χ3v) is 4.00. The summed E-state index contributed by atoms with van der Waals surface area (Å²) in [6.07, 6.45) is 0. The highest BCUT2D eigenvalue weighted by Crippen LogP contribution is 2.18. The molecule has 0 aliphatic carbocycles. The lowest BCUT2D eigenvalue weighted by molar-refractivity contribution is 0.0777. The standard InChI is InChI=1S/C20H18FN3O3/c1-23(13-14-8-10-18(27-2)16(21)12-14)20(26)17-9-11-19(25)24(22-17)15-6-4-3-5-7-15/h3-12H,13H2,1-2H3. The van der Waals surface area contributed by atoms with Crippen LogP contribution in [0.3, 0.4) is 0 Å². The fourth-order valence-electron chi connectivity index (χ4n) is 2.63. The molecule has 0 saturated carbocycles. The van der Waals surface area contributed by atoms with Crippen LogP contribution in [0.4, 0.5) is 4.39 Å². The number of aromatic nitrogens is 2. The van der Waals surface area contributed by atoms with Crippen LogP contribution in [0, 0.1) is 5.82 Å². The van der Waals surface area contributed by atoms with Gasteiger partial charge in [0, 0.05) is 19.7 Å². The Morgan fingerprint density at radius 2 is 1.89 bits per heavy atom. The third kappa shape index (κ3) is 4.03. The van der Waals surface area contributed by atoms with Crippen LogP contribution in [0.1, 0.15) is 16.1 Å². The highest BCUT2D eigenvalue weighted by molar-refractivity contribution is 5.91. The molecule has 0 bridgehead atoms. The van der Waals surface area contributed by atoms with E-state index in [4.69, 9.17) is 4.74 Å². The van der Waals surface area contributed by atoms with E-state index >= 15 is 0 Å². The first kappa shape index (κ1) is 18.3. The van der Waals surface area contributed by atoms with Crippen molar-refractivity contribution in [3.8, 4) is 11.4 Å². The van der Waals surface area contributed by atoms with E-state index in [2.05, 4.69) is 5.10 Å². The molecule has 1 amide bonds. The Morgan fingerprint density at radius 1 is 1.15 bits per heavy atom. The second-order valence-corrected chi connectivity index (χ2v) is 5.93. The van der Waals surface area contributed by atoms with Crippen molar-refractivity contribution in [3.05, 3.63) is 88.1 Å². The SMILES string of the molecule is COc1ccc(CN(C)C(=O)c2ccc(=O)n(-c3ccccc3)n2)cc1F. The number of nitrogens with zero attached hydrogens (tertiary/aromatic N) is 3. The highest BCUT2D eigenvalue weighted by Gasteiger charge is 2.16. The van der Waals surface area contributed by atoms with Gasteiger partial charge in [0.05, 0.1) is 12.8 Å². The number of rotatable bonds is 5. The van der Waals surface area contributed by atoms with E-state index < -0.39 is 5.82 Å². The largest absolute Gasteiger partial charge is 0.494 e. The highest BCUT2D eigenvalue weighted by atomic mass is 19.1. The lowest BCUT2D eigenvalue weighted by atomic mass is 10.2. The first-order valence-corrected chi connectivity index (χ1v) is 8.23. The first-order valence-electron chi connectivity index (χ1n) is 8.23. The van der Waals surface area contributed by atoms with Gasteiger partial charge in [-0.15, -0.1) is 0 Å². The van der Waals surface area contributed by atoms with E-state index in [-0.39, 0.29) is 29.5 Å². The number of carbonyl (C=O) groups excluding carboxylic acids is 1. The molecular formula is C20H18FN3O3. The number of benzene rings is 2. The molecule has 0 aliphatic heterocycles. The van der Waals surface area contributed by atoms with Crippen LogP contribution in [0.2, 0.25) is 0 Å². The molecule has 0 atom stereocenters. The van der Waals surface area contributed by atoms with Crippen LogP contribution in [-0.2, 0) is 6.54 Å². The van der Waals surface area contributed by atoms with Gasteiger partial charge in [-0.1, -0.05) is 24.3 Å². The number of ether oxygens (including phenoxy) is 1. The zero-order chi connectivity index (χ0) is 19.4. The summed E-state index contributed by atoms with van der Waals surface area (Å²) in [6, 6.07) is 16.0. The van der Waals surface area contributed by atoms with Crippen molar-refractivity contribution in [1.82, 2.24) is 14.7 Å². The number of para-hydroxylation sites is 1. The van der Waals surface area contributed by atoms with E-state index in [1.165, 1.54) is 41.0 Å². The molecule has 2 aromatic carbocycles. The Labute approximate surface area is 155 Å². The Morgan fingerprint density at radius 3 is 2.56 bits per heavy atom. The van der Waals surface area contributed by atoms with E-state index in [0.29, 0.717) is 11.3 Å². The van der Waals surface area contributed by atoms with Crippen LogP contribution in [0.25, 0.3) is 5.69 Å². The van der Waals surface area contributed by atoms with Crippen LogP contribution in [0.5, 0.6) is 5.75 Å². The summed E-state index contributed by atoms with van der Waals surface area (Å²) in [5, 5.41) is 4.17. The van der Waals surface area contributed by atoms with Crippen LogP contribution in [-0.4, -0.2) is 34.7 Å². The predicted octanol–water partition coefficient (Wildman–Crippen LogP) is 2.65. The molecule has 0 fully saturated rings. The number of hydrogen-bond donors (Lipinski definition) is 0. The summed E-state index contributed by atoms with van der Waals surface area (Å²) in [5.74, 6) is -0.730. The molecule has 6 nitrogen and oxygen atoms in total. The number of carbonyl (C=O) groups is 1. The fraction of sp³-hybridized carbons (Fsp3) is 0.150. The first-order chi connectivity index (χ1) is 13.0. The molecule has 3 rings (SSSR count). The van der Waals surface area contributed by atoms with Gasteiger partial charge >= 0.3 is 0 Å². The van der Waals surface area contributed by atoms with Gasteiger partial charge in [0.1, 0.15) is 5.69 Å². The van der Waals surface area contributed by atoms with Crippen molar-refractivity contribution in [1.29, 1.82) is 0 Å². The minimum absolute atomic E-state index is 0.120. The molecule has 0 N–H and O–H groups in total. The van der Waals surface area contributed by atoms with Crippen molar-refractivity contribution in [3.63, 3.8) is 0 Å². The summed E-state index contributed by atoms with van der Waals surface area (Å²) in [6.45, 7) is 0.186. The number of hydrogen-bond acceptors (Lipinski definition) is 4. The van der Waals surface area contributed by atoms with Gasteiger partial charge in [-0.05, 0) is 35.9 Å². The molecule has 3 aromatic rings. The quantitative estimate of drug-likeness (QED) is 0.695. The second kappa shape index (κ2) is 7.82. The van der Waals surface area contributed by atoms with Crippen molar-refractivity contribution in [2.45, 2.75) is 6.54 Å². The summed E-state index contributed by atoms with van der Waals surface area (Å²) in [4.78, 5) is 26.2. The van der Waals surface area contributed by atoms with Crippen molar-refractivity contribution >= 4 is 5.91 Å². The van der Waals surface area contributed by atoms with Crippen LogP contribution in [0.15, 0.2) is 65.5 Å². The summed E-state index contributed by atoms with van der Waals surface area (Å²) in [5.41, 5.74) is 0.963. The Hall–Kier alpha value is -3.48.